The van der Waals surface area contributed by atoms with E-state index in [1.54, 1.807) is 0 Å². The Morgan fingerprint density at radius 2 is 1.58 bits per heavy atom. The van der Waals surface area contributed by atoms with Crippen molar-refractivity contribution in [3.05, 3.63) is 35.9 Å². The molecule has 0 aromatic heterocycles. The van der Waals surface area contributed by atoms with E-state index in [2.05, 4.69) is 6.08 Å². The summed E-state index contributed by atoms with van der Waals surface area (Å²) in [4.78, 5) is 12.6. The SMILES string of the molecule is O=C(C=CC12CC3CC(CC(C3)C1)C2)c1ccc2c(c1)OCCO2. The van der Waals surface area contributed by atoms with Gasteiger partial charge >= 0.3 is 0 Å². The third kappa shape index (κ3) is 2.45. The molecule has 1 aromatic rings. The number of ketones is 1. The number of ether oxygens (including phenoxy) is 2. The summed E-state index contributed by atoms with van der Waals surface area (Å²) in [7, 11) is 0. The second kappa shape index (κ2) is 5.37. The maximum atomic E-state index is 12.6. The molecule has 0 unspecified atom stereocenters. The van der Waals surface area contributed by atoms with Crippen LogP contribution in [0.15, 0.2) is 30.4 Å². The molecule has 0 atom stereocenters. The number of hydrogen-bond acceptors (Lipinski definition) is 3. The highest BCUT2D eigenvalue weighted by atomic mass is 16.6. The van der Waals surface area contributed by atoms with Crippen molar-refractivity contribution in [2.75, 3.05) is 13.2 Å². The predicted molar refractivity (Wildman–Crippen MR) is 91.5 cm³/mol. The van der Waals surface area contributed by atoms with E-state index in [0.717, 1.165) is 23.5 Å². The van der Waals surface area contributed by atoms with Gasteiger partial charge in [0.05, 0.1) is 0 Å². The predicted octanol–water partition coefficient (Wildman–Crippen LogP) is 4.41. The van der Waals surface area contributed by atoms with Gasteiger partial charge in [0.2, 0.25) is 0 Å². The summed E-state index contributed by atoms with van der Waals surface area (Å²) in [5, 5.41) is 0. The third-order valence-corrected chi connectivity index (χ3v) is 6.50. The highest BCUT2D eigenvalue weighted by Gasteiger charge is 2.49. The first kappa shape index (κ1) is 14.6. The first-order valence-corrected chi connectivity index (χ1v) is 9.32. The number of carbonyl (C=O) groups is 1. The zero-order valence-corrected chi connectivity index (χ0v) is 14.0. The third-order valence-electron chi connectivity index (χ3n) is 6.50. The Bertz CT molecular complexity index is 668. The molecular formula is C21H24O3. The van der Waals surface area contributed by atoms with Crippen LogP contribution in [0.1, 0.15) is 48.9 Å². The van der Waals surface area contributed by atoms with Gasteiger partial charge in [-0.2, -0.15) is 0 Å². The molecule has 1 aliphatic heterocycles. The normalized spacial score (nSPS) is 36.2. The van der Waals surface area contributed by atoms with Crippen LogP contribution < -0.4 is 9.47 Å². The number of fused-ring (bicyclic) bond motifs is 1. The number of benzene rings is 1. The second-order valence-corrected chi connectivity index (χ2v) is 8.34. The van der Waals surface area contributed by atoms with E-state index >= 15 is 0 Å². The van der Waals surface area contributed by atoms with Gasteiger partial charge < -0.3 is 9.47 Å². The molecule has 0 saturated heterocycles. The molecule has 3 heteroatoms. The van der Waals surface area contributed by atoms with Gasteiger partial charge in [-0.15, -0.1) is 0 Å². The minimum Gasteiger partial charge on any atom is -0.486 e. The molecule has 5 aliphatic rings. The molecule has 4 fully saturated rings. The molecule has 1 heterocycles. The average molecular weight is 324 g/mol. The van der Waals surface area contributed by atoms with Crippen LogP contribution in [0, 0.1) is 23.2 Å². The highest BCUT2D eigenvalue weighted by molar-refractivity contribution is 6.05. The summed E-state index contributed by atoms with van der Waals surface area (Å²) < 4.78 is 11.1. The van der Waals surface area contributed by atoms with Gasteiger partial charge in [0.15, 0.2) is 17.3 Å². The van der Waals surface area contributed by atoms with Crippen molar-refractivity contribution in [3.8, 4) is 11.5 Å². The van der Waals surface area contributed by atoms with Crippen LogP contribution in [-0.2, 0) is 0 Å². The molecule has 4 bridgehead atoms. The molecule has 4 aliphatic carbocycles. The molecule has 0 spiro atoms. The smallest absolute Gasteiger partial charge is 0.185 e. The lowest BCUT2D eigenvalue weighted by Gasteiger charge is -2.55. The topological polar surface area (TPSA) is 35.5 Å². The number of hydrogen-bond donors (Lipinski definition) is 0. The van der Waals surface area contributed by atoms with Gasteiger partial charge in [0, 0.05) is 5.56 Å². The Balaban J connectivity index is 1.36. The van der Waals surface area contributed by atoms with Crippen molar-refractivity contribution >= 4 is 5.78 Å². The van der Waals surface area contributed by atoms with Crippen LogP contribution in [0.4, 0.5) is 0 Å². The van der Waals surface area contributed by atoms with E-state index in [9.17, 15) is 4.79 Å². The quantitative estimate of drug-likeness (QED) is 0.610. The highest BCUT2D eigenvalue weighted by Crippen LogP contribution is 2.60. The van der Waals surface area contributed by atoms with Crippen LogP contribution in [0.2, 0.25) is 0 Å². The van der Waals surface area contributed by atoms with Crippen LogP contribution in [0.25, 0.3) is 0 Å². The number of rotatable bonds is 3. The zero-order chi connectivity index (χ0) is 16.1. The lowest BCUT2D eigenvalue weighted by Crippen LogP contribution is -2.45. The maximum absolute atomic E-state index is 12.6. The molecule has 3 nitrogen and oxygen atoms in total. The van der Waals surface area contributed by atoms with E-state index in [1.165, 1.54) is 38.5 Å². The van der Waals surface area contributed by atoms with Crippen LogP contribution in [0.5, 0.6) is 11.5 Å². The Hall–Kier alpha value is -1.77. The molecule has 1 aromatic carbocycles. The number of allylic oxidation sites excluding steroid dienone is 2. The molecule has 6 rings (SSSR count). The first-order valence-electron chi connectivity index (χ1n) is 9.32. The van der Waals surface area contributed by atoms with Crippen LogP contribution in [-0.4, -0.2) is 19.0 Å². The zero-order valence-electron chi connectivity index (χ0n) is 14.0. The minimum absolute atomic E-state index is 0.0859. The maximum Gasteiger partial charge on any atom is 0.185 e. The average Bonchev–Trinajstić information content (AvgIpc) is 2.58. The van der Waals surface area contributed by atoms with E-state index in [-0.39, 0.29) is 5.78 Å². The fraction of sp³-hybridized carbons (Fsp3) is 0.571. The number of carbonyl (C=O) groups excluding carboxylic acids is 1. The van der Waals surface area contributed by atoms with Crippen molar-refractivity contribution in [3.63, 3.8) is 0 Å². The van der Waals surface area contributed by atoms with E-state index in [4.69, 9.17) is 9.47 Å². The van der Waals surface area contributed by atoms with Crippen molar-refractivity contribution < 1.29 is 14.3 Å². The Kier molecular flexibility index (Phi) is 3.26. The van der Waals surface area contributed by atoms with Crippen molar-refractivity contribution in [1.29, 1.82) is 0 Å². The molecule has 0 N–H and O–H groups in total. The lowest BCUT2D eigenvalue weighted by molar-refractivity contribution is -0.0238. The van der Waals surface area contributed by atoms with E-state index < -0.39 is 0 Å². The van der Waals surface area contributed by atoms with Gasteiger partial charge in [-0.25, -0.2) is 0 Å². The van der Waals surface area contributed by atoms with Crippen molar-refractivity contribution in [2.24, 2.45) is 23.2 Å². The Morgan fingerprint density at radius 1 is 0.958 bits per heavy atom. The fourth-order valence-corrected chi connectivity index (χ4v) is 5.93. The van der Waals surface area contributed by atoms with Gasteiger partial charge in [0.25, 0.3) is 0 Å². The summed E-state index contributed by atoms with van der Waals surface area (Å²) in [6.07, 6.45) is 12.3. The largest absolute Gasteiger partial charge is 0.486 e. The molecule has 24 heavy (non-hydrogen) atoms. The van der Waals surface area contributed by atoms with Gasteiger partial charge in [-0.3, -0.25) is 4.79 Å². The first-order chi connectivity index (χ1) is 11.7. The minimum atomic E-state index is 0.0859. The molecule has 126 valence electrons. The summed E-state index contributed by atoms with van der Waals surface area (Å²) in [5.41, 5.74) is 0.998. The molecule has 4 saturated carbocycles. The fourth-order valence-electron chi connectivity index (χ4n) is 5.93. The van der Waals surface area contributed by atoms with Crippen LogP contribution in [0.3, 0.4) is 0 Å². The summed E-state index contributed by atoms with van der Waals surface area (Å²) >= 11 is 0. The van der Waals surface area contributed by atoms with Gasteiger partial charge in [0.1, 0.15) is 13.2 Å². The van der Waals surface area contributed by atoms with Crippen molar-refractivity contribution in [2.45, 2.75) is 38.5 Å². The monoisotopic (exact) mass is 324 g/mol. The molecule has 0 radical (unpaired) electrons. The Morgan fingerprint density at radius 3 is 2.25 bits per heavy atom. The van der Waals surface area contributed by atoms with Gasteiger partial charge in [-0.1, -0.05) is 6.08 Å². The Labute approximate surface area is 143 Å². The standard InChI is InChI=1S/C21H24O3/c22-18(17-1-2-19-20(10-17)24-6-5-23-19)3-4-21-11-14-7-15(12-21)9-16(8-14)13-21/h1-4,10,14-16H,5-9,11-13H2. The van der Waals surface area contributed by atoms with Gasteiger partial charge in [-0.05, 0) is 86.0 Å². The molecular weight excluding hydrogens is 300 g/mol. The summed E-state index contributed by atoms with van der Waals surface area (Å²) in [6, 6.07) is 5.51. The summed E-state index contributed by atoms with van der Waals surface area (Å²) in [6.45, 7) is 1.12. The lowest BCUT2D eigenvalue weighted by atomic mass is 9.49. The second-order valence-electron chi connectivity index (χ2n) is 8.34. The van der Waals surface area contributed by atoms with E-state index in [0.29, 0.717) is 29.9 Å². The summed E-state index contributed by atoms with van der Waals surface area (Å²) in [5.74, 6) is 4.24. The van der Waals surface area contributed by atoms with E-state index in [1.807, 2.05) is 24.3 Å². The van der Waals surface area contributed by atoms with Crippen molar-refractivity contribution in [1.82, 2.24) is 0 Å². The molecule has 0 amide bonds. The van der Waals surface area contributed by atoms with Crippen LogP contribution >= 0.6 is 0 Å².